The fourth-order valence-corrected chi connectivity index (χ4v) is 1.74. The summed E-state index contributed by atoms with van der Waals surface area (Å²) in [6.45, 7) is 6.88. The Bertz CT molecular complexity index is 502. The Balaban J connectivity index is 2.60. The number of rotatable bonds is 3. The number of fused-ring (bicyclic) bond motifs is 1. The predicted octanol–water partition coefficient (Wildman–Crippen LogP) is 2.49. The van der Waals surface area contributed by atoms with Crippen molar-refractivity contribution < 1.29 is 4.74 Å². The van der Waals surface area contributed by atoms with E-state index >= 15 is 0 Å². The predicted molar refractivity (Wildman–Crippen MR) is 63.8 cm³/mol. The molecule has 0 aliphatic heterocycles. The van der Waals surface area contributed by atoms with Gasteiger partial charge < -0.3 is 4.74 Å². The van der Waals surface area contributed by atoms with Crippen LogP contribution < -0.4 is 4.74 Å². The summed E-state index contributed by atoms with van der Waals surface area (Å²) >= 11 is 0. The maximum atomic E-state index is 5.56. The van der Waals surface area contributed by atoms with Crippen LogP contribution in [0.2, 0.25) is 0 Å². The van der Waals surface area contributed by atoms with Gasteiger partial charge in [-0.1, -0.05) is 13.8 Å². The van der Waals surface area contributed by atoms with E-state index in [4.69, 9.17) is 4.74 Å². The van der Waals surface area contributed by atoms with Crippen molar-refractivity contribution in [2.24, 2.45) is 7.05 Å². The van der Waals surface area contributed by atoms with Crippen LogP contribution in [0.1, 0.15) is 32.3 Å². The lowest BCUT2D eigenvalue weighted by Gasteiger charge is -2.11. The second-order valence-corrected chi connectivity index (χ2v) is 4.19. The molecular weight excluding hydrogens is 202 g/mol. The van der Waals surface area contributed by atoms with Crippen LogP contribution in [0.4, 0.5) is 0 Å². The highest BCUT2D eigenvalue weighted by molar-refractivity contribution is 5.76. The number of aryl methyl sites for hydroxylation is 1. The minimum atomic E-state index is 0.402. The van der Waals surface area contributed by atoms with Crippen molar-refractivity contribution in [1.82, 2.24) is 14.8 Å². The molecule has 0 aromatic carbocycles. The van der Waals surface area contributed by atoms with Gasteiger partial charge in [-0.25, -0.2) is 0 Å². The third-order valence-electron chi connectivity index (χ3n) is 2.51. The van der Waals surface area contributed by atoms with Gasteiger partial charge in [0.1, 0.15) is 0 Å². The van der Waals surface area contributed by atoms with E-state index in [1.165, 1.54) is 0 Å². The standard InChI is InChI=1S/C12H17N3O/c1-5-16-12-10(8(2)3)6-9-7-15(4)14-11(9)13-12/h6-8H,5H2,1-4H3. The molecule has 2 rings (SSSR count). The molecule has 2 aromatic heterocycles. The molecule has 0 amide bonds. The van der Waals surface area contributed by atoms with E-state index in [2.05, 4.69) is 30.0 Å². The normalized spacial score (nSPS) is 11.3. The van der Waals surface area contributed by atoms with Gasteiger partial charge in [0.15, 0.2) is 5.65 Å². The first kappa shape index (κ1) is 10.9. The molecule has 0 saturated heterocycles. The lowest BCUT2D eigenvalue weighted by molar-refractivity contribution is 0.322. The zero-order chi connectivity index (χ0) is 11.7. The van der Waals surface area contributed by atoms with Crippen molar-refractivity contribution in [2.45, 2.75) is 26.7 Å². The van der Waals surface area contributed by atoms with Gasteiger partial charge in [0.25, 0.3) is 0 Å². The molecular formula is C12H17N3O. The molecule has 2 heterocycles. The molecule has 0 aliphatic rings. The summed E-state index contributed by atoms with van der Waals surface area (Å²) < 4.78 is 7.33. The fourth-order valence-electron chi connectivity index (χ4n) is 1.74. The summed E-state index contributed by atoms with van der Waals surface area (Å²) in [6, 6.07) is 2.12. The number of nitrogens with zero attached hydrogens (tertiary/aromatic N) is 3. The second kappa shape index (κ2) is 4.12. The highest BCUT2D eigenvalue weighted by atomic mass is 16.5. The molecule has 86 valence electrons. The molecule has 0 aliphatic carbocycles. The Kier molecular flexibility index (Phi) is 2.81. The molecule has 16 heavy (non-hydrogen) atoms. The quantitative estimate of drug-likeness (QED) is 0.796. The molecule has 4 nitrogen and oxygen atoms in total. The summed E-state index contributed by atoms with van der Waals surface area (Å²) in [7, 11) is 1.90. The largest absolute Gasteiger partial charge is 0.478 e. The van der Waals surface area contributed by atoms with Crippen LogP contribution in [0.3, 0.4) is 0 Å². The van der Waals surface area contributed by atoms with Crippen LogP contribution in [0.15, 0.2) is 12.3 Å². The van der Waals surface area contributed by atoms with Crippen molar-refractivity contribution in [3.05, 3.63) is 17.8 Å². The Labute approximate surface area is 95.2 Å². The third kappa shape index (κ3) is 1.87. The monoisotopic (exact) mass is 219 g/mol. The molecule has 0 spiro atoms. The Morgan fingerprint density at radius 1 is 1.44 bits per heavy atom. The van der Waals surface area contributed by atoms with Crippen LogP contribution in [-0.4, -0.2) is 21.4 Å². The van der Waals surface area contributed by atoms with E-state index in [0.717, 1.165) is 16.6 Å². The van der Waals surface area contributed by atoms with Gasteiger partial charge in [0, 0.05) is 24.2 Å². The number of hydrogen-bond donors (Lipinski definition) is 0. The minimum absolute atomic E-state index is 0.402. The van der Waals surface area contributed by atoms with Gasteiger partial charge in [-0.05, 0) is 18.9 Å². The Morgan fingerprint density at radius 2 is 2.19 bits per heavy atom. The zero-order valence-electron chi connectivity index (χ0n) is 10.2. The van der Waals surface area contributed by atoms with Crippen molar-refractivity contribution in [1.29, 1.82) is 0 Å². The molecule has 4 heteroatoms. The zero-order valence-corrected chi connectivity index (χ0v) is 10.2. The smallest absolute Gasteiger partial charge is 0.218 e. The maximum Gasteiger partial charge on any atom is 0.218 e. The first-order valence-corrected chi connectivity index (χ1v) is 5.59. The number of aromatic nitrogens is 3. The first-order chi connectivity index (χ1) is 7.61. The molecule has 0 radical (unpaired) electrons. The fraction of sp³-hybridized carbons (Fsp3) is 0.500. The topological polar surface area (TPSA) is 39.9 Å². The summed E-state index contributed by atoms with van der Waals surface area (Å²) in [5, 5.41) is 5.35. The molecule has 0 saturated carbocycles. The van der Waals surface area contributed by atoms with Crippen LogP contribution in [-0.2, 0) is 7.05 Å². The summed E-state index contributed by atoms with van der Waals surface area (Å²) in [5.74, 6) is 1.11. The average molecular weight is 219 g/mol. The summed E-state index contributed by atoms with van der Waals surface area (Å²) in [6.07, 6.45) is 1.98. The minimum Gasteiger partial charge on any atom is -0.478 e. The number of hydrogen-bond acceptors (Lipinski definition) is 3. The SMILES string of the molecule is CCOc1nc2nn(C)cc2cc1C(C)C. The van der Waals surface area contributed by atoms with Gasteiger partial charge in [-0.3, -0.25) is 4.68 Å². The van der Waals surface area contributed by atoms with E-state index < -0.39 is 0 Å². The van der Waals surface area contributed by atoms with Gasteiger partial charge >= 0.3 is 0 Å². The number of pyridine rings is 1. The Morgan fingerprint density at radius 3 is 2.81 bits per heavy atom. The molecule has 0 bridgehead atoms. The molecule has 0 N–H and O–H groups in total. The van der Waals surface area contributed by atoms with Crippen LogP contribution in [0.5, 0.6) is 5.88 Å². The van der Waals surface area contributed by atoms with E-state index in [1.54, 1.807) is 4.68 Å². The van der Waals surface area contributed by atoms with Crippen LogP contribution in [0.25, 0.3) is 11.0 Å². The molecule has 0 fully saturated rings. The van der Waals surface area contributed by atoms with Crippen LogP contribution >= 0.6 is 0 Å². The van der Waals surface area contributed by atoms with E-state index in [1.807, 2.05) is 20.2 Å². The van der Waals surface area contributed by atoms with Crippen molar-refractivity contribution in [2.75, 3.05) is 6.61 Å². The highest BCUT2D eigenvalue weighted by Gasteiger charge is 2.12. The van der Waals surface area contributed by atoms with Crippen LogP contribution in [0, 0.1) is 0 Å². The first-order valence-electron chi connectivity index (χ1n) is 5.59. The Hall–Kier alpha value is -1.58. The summed E-state index contributed by atoms with van der Waals surface area (Å²) in [4.78, 5) is 4.45. The lowest BCUT2D eigenvalue weighted by atomic mass is 10.0. The third-order valence-corrected chi connectivity index (χ3v) is 2.51. The van der Waals surface area contributed by atoms with Crippen molar-refractivity contribution >= 4 is 11.0 Å². The molecule has 0 unspecified atom stereocenters. The number of ether oxygens (including phenoxy) is 1. The average Bonchev–Trinajstić information content (AvgIpc) is 2.56. The van der Waals surface area contributed by atoms with Gasteiger partial charge in [-0.2, -0.15) is 10.1 Å². The maximum absolute atomic E-state index is 5.56. The second-order valence-electron chi connectivity index (χ2n) is 4.19. The van der Waals surface area contributed by atoms with E-state index in [9.17, 15) is 0 Å². The highest BCUT2D eigenvalue weighted by Crippen LogP contribution is 2.27. The van der Waals surface area contributed by atoms with Gasteiger partial charge in [0.05, 0.1) is 6.61 Å². The van der Waals surface area contributed by atoms with Gasteiger partial charge in [-0.15, -0.1) is 0 Å². The lowest BCUT2D eigenvalue weighted by Crippen LogP contribution is -2.01. The van der Waals surface area contributed by atoms with Crippen molar-refractivity contribution in [3.8, 4) is 5.88 Å². The summed E-state index contributed by atoms with van der Waals surface area (Å²) in [5.41, 5.74) is 1.89. The van der Waals surface area contributed by atoms with E-state index in [0.29, 0.717) is 18.4 Å². The van der Waals surface area contributed by atoms with Gasteiger partial charge in [0.2, 0.25) is 5.88 Å². The van der Waals surface area contributed by atoms with E-state index in [-0.39, 0.29) is 0 Å². The van der Waals surface area contributed by atoms with Crippen molar-refractivity contribution in [3.63, 3.8) is 0 Å². The molecule has 0 atom stereocenters. The molecule has 2 aromatic rings.